The van der Waals surface area contributed by atoms with Crippen molar-refractivity contribution in [1.29, 1.82) is 0 Å². The smallest absolute Gasteiger partial charge is 0.167 e. The first-order valence-electron chi connectivity index (χ1n) is 13.2. The molecule has 0 aliphatic heterocycles. The molecule has 0 heterocycles. The first-order chi connectivity index (χ1) is 16.0. The average molecular weight is 449 g/mol. The van der Waals surface area contributed by atoms with Crippen molar-refractivity contribution in [1.82, 2.24) is 0 Å². The van der Waals surface area contributed by atoms with Crippen molar-refractivity contribution in [2.24, 2.45) is 5.92 Å². The van der Waals surface area contributed by atoms with Gasteiger partial charge in [-0.2, -0.15) is 0 Å². The van der Waals surface area contributed by atoms with Gasteiger partial charge in [0.15, 0.2) is 5.78 Å². The van der Waals surface area contributed by atoms with Gasteiger partial charge in [-0.05, 0) is 104 Å². The van der Waals surface area contributed by atoms with Crippen molar-refractivity contribution in [2.45, 2.75) is 103 Å². The number of benzene rings is 2. The lowest BCUT2D eigenvalue weighted by atomic mass is 9.69. The maximum Gasteiger partial charge on any atom is 0.167 e. The number of carbonyl (C=O) groups is 1. The Morgan fingerprint density at radius 1 is 0.879 bits per heavy atom. The van der Waals surface area contributed by atoms with Crippen LogP contribution >= 0.6 is 0 Å². The molecule has 178 valence electrons. The fourth-order valence-corrected chi connectivity index (χ4v) is 5.69. The fourth-order valence-electron chi connectivity index (χ4n) is 5.69. The summed E-state index contributed by atoms with van der Waals surface area (Å²) in [5.74, 6) is 2.27. The van der Waals surface area contributed by atoms with Crippen LogP contribution in [-0.4, -0.2) is 16.0 Å². The normalized spacial score (nSPS) is 19.5. The number of ketones is 1. The molecule has 5 rings (SSSR count). The highest BCUT2D eigenvalue weighted by Gasteiger charge is 2.33. The predicted molar refractivity (Wildman–Crippen MR) is 135 cm³/mol. The lowest BCUT2D eigenvalue weighted by molar-refractivity contribution is 0.0947. The summed E-state index contributed by atoms with van der Waals surface area (Å²) in [6.07, 6.45) is 11.1. The second-order valence-corrected chi connectivity index (χ2v) is 10.2. The largest absolute Gasteiger partial charge is 0.508 e. The van der Waals surface area contributed by atoms with Crippen molar-refractivity contribution in [3.63, 3.8) is 0 Å². The van der Waals surface area contributed by atoms with Gasteiger partial charge in [0.1, 0.15) is 11.5 Å². The Hall–Kier alpha value is -2.29. The Kier molecular flexibility index (Phi) is 7.46. The van der Waals surface area contributed by atoms with Crippen LogP contribution in [0.25, 0.3) is 0 Å². The molecule has 3 saturated carbocycles. The van der Waals surface area contributed by atoms with Gasteiger partial charge in [-0.1, -0.05) is 51.3 Å². The molecule has 0 radical (unpaired) electrons. The number of phenols is 2. The van der Waals surface area contributed by atoms with Gasteiger partial charge in [-0.25, -0.2) is 0 Å². The Bertz CT molecular complexity index is 957. The molecule has 3 aliphatic rings. The molecule has 3 nitrogen and oxygen atoms in total. The molecule has 0 saturated heterocycles. The van der Waals surface area contributed by atoms with E-state index in [2.05, 4.69) is 12.1 Å². The molecule has 1 atom stereocenters. The molecule has 0 spiro atoms. The number of hydrogen-bond donors (Lipinski definition) is 2. The lowest BCUT2D eigenvalue weighted by Crippen LogP contribution is -2.23. The number of hydrogen-bond acceptors (Lipinski definition) is 3. The summed E-state index contributed by atoms with van der Waals surface area (Å²) in [4.78, 5) is 13.4. The number of aryl methyl sites for hydroxylation is 1. The van der Waals surface area contributed by atoms with Crippen LogP contribution in [0.5, 0.6) is 11.5 Å². The van der Waals surface area contributed by atoms with Crippen LogP contribution in [0, 0.1) is 12.8 Å². The van der Waals surface area contributed by atoms with Gasteiger partial charge < -0.3 is 10.2 Å². The maximum absolute atomic E-state index is 13.4. The van der Waals surface area contributed by atoms with E-state index in [0.29, 0.717) is 35.5 Å². The third kappa shape index (κ3) is 4.83. The van der Waals surface area contributed by atoms with Gasteiger partial charge >= 0.3 is 0 Å². The molecule has 0 aromatic heterocycles. The Labute approximate surface area is 199 Å². The van der Waals surface area contributed by atoms with E-state index in [1.165, 1.54) is 43.2 Å². The average Bonchev–Trinajstić information content (AvgIpc) is 2.66. The van der Waals surface area contributed by atoms with Crippen LogP contribution in [0.15, 0.2) is 30.3 Å². The van der Waals surface area contributed by atoms with Gasteiger partial charge in [0.2, 0.25) is 0 Å². The third-order valence-electron chi connectivity index (χ3n) is 8.34. The molecule has 2 aromatic carbocycles. The zero-order valence-electron chi connectivity index (χ0n) is 20.6. The number of aromatic hydroxyl groups is 2. The van der Waals surface area contributed by atoms with E-state index >= 15 is 0 Å². The van der Waals surface area contributed by atoms with Gasteiger partial charge in [-0.3, -0.25) is 4.79 Å². The molecule has 33 heavy (non-hydrogen) atoms. The topological polar surface area (TPSA) is 57.5 Å². The van der Waals surface area contributed by atoms with E-state index in [4.69, 9.17) is 0 Å². The third-order valence-corrected chi connectivity index (χ3v) is 8.34. The van der Waals surface area contributed by atoms with Gasteiger partial charge in [0, 0.05) is 6.42 Å². The van der Waals surface area contributed by atoms with E-state index in [0.717, 1.165) is 36.8 Å². The molecular weight excluding hydrogens is 408 g/mol. The summed E-state index contributed by atoms with van der Waals surface area (Å²) in [5, 5.41) is 21.1. The van der Waals surface area contributed by atoms with Crippen LogP contribution in [-0.2, 0) is 0 Å². The molecular formula is C30H40O3. The fraction of sp³-hybridized carbons (Fsp3) is 0.567. The minimum atomic E-state index is 0.0466. The van der Waals surface area contributed by atoms with Crippen molar-refractivity contribution < 1.29 is 15.0 Å². The summed E-state index contributed by atoms with van der Waals surface area (Å²) < 4.78 is 0. The van der Waals surface area contributed by atoms with Crippen LogP contribution in [0.1, 0.15) is 128 Å². The monoisotopic (exact) mass is 448 g/mol. The molecule has 3 heteroatoms. The van der Waals surface area contributed by atoms with E-state index in [1.807, 2.05) is 39.0 Å². The van der Waals surface area contributed by atoms with Crippen LogP contribution in [0.2, 0.25) is 0 Å². The molecule has 3 aliphatic carbocycles. The van der Waals surface area contributed by atoms with Crippen LogP contribution < -0.4 is 0 Å². The number of Topliss-reactive ketones (excluding diaryl/α,β-unsaturated/α-hetero) is 1. The Balaban J connectivity index is 0.00000126. The van der Waals surface area contributed by atoms with Crippen LogP contribution in [0.3, 0.4) is 0 Å². The van der Waals surface area contributed by atoms with Crippen molar-refractivity contribution in [3.05, 3.63) is 58.1 Å². The minimum absolute atomic E-state index is 0.0466. The first kappa shape index (κ1) is 23.9. The summed E-state index contributed by atoms with van der Waals surface area (Å²) in [6.45, 7) is 5.96. The first-order valence-corrected chi connectivity index (χ1v) is 13.2. The maximum atomic E-state index is 13.4. The van der Waals surface area contributed by atoms with Crippen molar-refractivity contribution in [2.75, 3.05) is 0 Å². The highest BCUT2D eigenvalue weighted by molar-refractivity contribution is 6.00. The van der Waals surface area contributed by atoms with Gasteiger partial charge in [-0.15, -0.1) is 0 Å². The SMILES string of the molecule is CC.Cc1cc(C2CCC2)cc(O)c1C(=O)CC(c1ccc(O)c(C2CCC2)c1)C1CCC1. The summed E-state index contributed by atoms with van der Waals surface area (Å²) in [5.41, 5.74) is 4.83. The van der Waals surface area contributed by atoms with E-state index in [-0.39, 0.29) is 17.5 Å². The summed E-state index contributed by atoms with van der Waals surface area (Å²) >= 11 is 0. The zero-order valence-corrected chi connectivity index (χ0v) is 20.6. The second-order valence-electron chi connectivity index (χ2n) is 10.2. The highest BCUT2D eigenvalue weighted by atomic mass is 16.3. The van der Waals surface area contributed by atoms with Gasteiger partial charge in [0.25, 0.3) is 0 Å². The molecule has 3 fully saturated rings. The lowest BCUT2D eigenvalue weighted by Gasteiger charge is -2.35. The Morgan fingerprint density at radius 3 is 2.03 bits per heavy atom. The number of carbonyl (C=O) groups excluding carboxylic acids is 1. The van der Waals surface area contributed by atoms with E-state index in [9.17, 15) is 15.0 Å². The quantitative estimate of drug-likeness (QED) is 0.420. The van der Waals surface area contributed by atoms with E-state index in [1.54, 1.807) is 0 Å². The molecule has 0 bridgehead atoms. The summed E-state index contributed by atoms with van der Waals surface area (Å²) in [7, 11) is 0. The number of phenolic OH excluding ortho intramolecular Hbond substituents is 2. The number of rotatable bonds is 7. The predicted octanol–water partition coefficient (Wildman–Crippen LogP) is 8.12. The molecule has 2 N–H and O–H groups in total. The second kappa shape index (κ2) is 10.3. The molecule has 0 amide bonds. The van der Waals surface area contributed by atoms with Crippen molar-refractivity contribution in [3.8, 4) is 11.5 Å². The molecule has 2 aromatic rings. The zero-order chi connectivity index (χ0) is 23.5. The van der Waals surface area contributed by atoms with Crippen molar-refractivity contribution >= 4 is 5.78 Å². The van der Waals surface area contributed by atoms with Gasteiger partial charge in [0.05, 0.1) is 5.56 Å². The Morgan fingerprint density at radius 2 is 1.52 bits per heavy atom. The summed E-state index contributed by atoms with van der Waals surface area (Å²) in [6, 6.07) is 9.96. The standard InChI is InChI=1S/C28H34O3.C2H6/c1-17-13-22(18-5-2-6-18)15-26(30)28(17)27(31)16-23(19-7-3-8-19)21-11-12-25(29)24(14-21)20-9-4-10-20;1-2/h11-15,18-20,23,29-30H,2-10,16H2,1H3;1-2H3. The highest BCUT2D eigenvalue weighted by Crippen LogP contribution is 2.46. The minimum Gasteiger partial charge on any atom is -0.508 e. The molecule has 1 unspecified atom stereocenters. The van der Waals surface area contributed by atoms with E-state index < -0.39 is 0 Å². The van der Waals surface area contributed by atoms with Crippen LogP contribution in [0.4, 0.5) is 0 Å².